The predicted octanol–water partition coefficient (Wildman–Crippen LogP) is 2.22. The molecule has 0 aromatic rings. The lowest BCUT2D eigenvalue weighted by Crippen LogP contribution is -2.26. The molecular formula is C11H20N2O. The second-order valence-corrected chi connectivity index (χ2v) is 3.91. The third-order valence-electron chi connectivity index (χ3n) is 2.48. The van der Waals surface area contributed by atoms with Gasteiger partial charge in [-0.25, -0.2) is 0 Å². The summed E-state index contributed by atoms with van der Waals surface area (Å²) in [6, 6.07) is 0. The fraction of sp³-hybridized carbons (Fsp3) is 0.818. The fourth-order valence-electron chi connectivity index (χ4n) is 1.70. The van der Waals surface area contributed by atoms with Crippen LogP contribution in [0.4, 0.5) is 0 Å². The highest BCUT2D eigenvalue weighted by molar-refractivity contribution is 6.00. The van der Waals surface area contributed by atoms with Gasteiger partial charge in [0.05, 0.1) is 0 Å². The summed E-state index contributed by atoms with van der Waals surface area (Å²) in [6.07, 6.45) is 5.20. The number of hydrazone groups is 1. The van der Waals surface area contributed by atoms with Crippen molar-refractivity contribution in [2.45, 2.75) is 46.0 Å². The average Bonchev–Trinajstić information content (AvgIpc) is 2.17. The molecule has 0 aromatic heterocycles. The number of Topliss-reactive ketones (excluding diaryl/α,β-unsaturated/α-hetero) is 1. The Labute approximate surface area is 86.2 Å². The van der Waals surface area contributed by atoms with E-state index >= 15 is 0 Å². The summed E-state index contributed by atoms with van der Waals surface area (Å²) in [4.78, 5) is 11.0. The molecule has 1 fully saturated rings. The van der Waals surface area contributed by atoms with Gasteiger partial charge in [-0.2, -0.15) is 5.10 Å². The minimum atomic E-state index is 0.211. The van der Waals surface area contributed by atoms with Gasteiger partial charge in [0.25, 0.3) is 0 Å². The van der Waals surface area contributed by atoms with Crippen LogP contribution in [-0.4, -0.2) is 29.6 Å². The number of rotatable bonds is 4. The number of piperidine rings is 1. The van der Waals surface area contributed by atoms with E-state index in [0.29, 0.717) is 6.42 Å². The molecular weight excluding hydrogens is 176 g/mol. The van der Waals surface area contributed by atoms with E-state index in [1.54, 1.807) is 6.92 Å². The largest absolute Gasteiger partial charge is 0.300 e. The molecule has 0 N–H and O–H groups in total. The highest BCUT2D eigenvalue weighted by Crippen LogP contribution is 2.10. The van der Waals surface area contributed by atoms with Crippen molar-refractivity contribution in [3.8, 4) is 0 Å². The van der Waals surface area contributed by atoms with Crippen molar-refractivity contribution in [1.82, 2.24) is 5.01 Å². The molecule has 0 aliphatic carbocycles. The van der Waals surface area contributed by atoms with Gasteiger partial charge in [-0.05, 0) is 32.6 Å². The maximum absolute atomic E-state index is 11.0. The molecule has 0 radical (unpaired) electrons. The summed E-state index contributed by atoms with van der Waals surface area (Å²) in [6.45, 7) is 5.80. The molecule has 3 heteroatoms. The SMILES string of the molecule is CCC(CC(C)=O)=NN1CCCCC1. The zero-order valence-corrected chi connectivity index (χ0v) is 9.25. The molecule has 1 saturated heterocycles. The van der Waals surface area contributed by atoms with Crippen molar-refractivity contribution in [3.63, 3.8) is 0 Å². The second kappa shape index (κ2) is 5.78. The van der Waals surface area contributed by atoms with E-state index in [-0.39, 0.29) is 5.78 Å². The number of carbonyl (C=O) groups excluding carboxylic acids is 1. The summed E-state index contributed by atoms with van der Waals surface area (Å²) in [5.41, 5.74) is 1.03. The maximum Gasteiger partial charge on any atom is 0.135 e. The van der Waals surface area contributed by atoms with Crippen LogP contribution in [0.5, 0.6) is 0 Å². The molecule has 0 bridgehead atoms. The quantitative estimate of drug-likeness (QED) is 0.646. The standard InChI is InChI=1S/C11H20N2O/c1-3-11(9-10(2)14)12-13-7-5-4-6-8-13/h3-9H2,1-2H3. The van der Waals surface area contributed by atoms with E-state index in [4.69, 9.17) is 0 Å². The molecule has 1 aliphatic heterocycles. The molecule has 1 aliphatic rings. The first-order valence-electron chi connectivity index (χ1n) is 5.53. The van der Waals surface area contributed by atoms with Gasteiger partial charge >= 0.3 is 0 Å². The predicted molar refractivity (Wildman–Crippen MR) is 58.4 cm³/mol. The second-order valence-electron chi connectivity index (χ2n) is 3.91. The van der Waals surface area contributed by atoms with Gasteiger partial charge in [0.2, 0.25) is 0 Å². The third kappa shape index (κ3) is 3.90. The molecule has 0 amide bonds. The van der Waals surface area contributed by atoms with Gasteiger partial charge < -0.3 is 0 Å². The van der Waals surface area contributed by atoms with Crippen molar-refractivity contribution in [1.29, 1.82) is 0 Å². The number of nitrogens with zero attached hydrogens (tertiary/aromatic N) is 2. The highest BCUT2D eigenvalue weighted by Gasteiger charge is 2.09. The number of carbonyl (C=O) groups is 1. The molecule has 0 atom stereocenters. The van der Waals surface area contributed by atoms with Crippen LogP contribution < -0.4 is 0 Å². The topological polar surface area (TPSA) is 32.7 Å². The van der Waals surface area contributed by atoms with Gasteiger partial charge in [-0.15, -0.1) is 0 Å². The van der Waals surface area contributed by atoms with Crippen LogP contribution >= 0.6 is 0 Å². The zero-order valence-electron chi connectivity index (χ0n) is 9.25. The lowest BCUT2D eigenvalue weighted by atomic mass is 10.1. The summed E-state index contributed by atoms with van der Waals surface area (Å²) in [7, 11) is 0. The summed E-state index contributed by atoms with van der Waals surface area (Å²) in [5.74, 6) is 0.211. The van der Waals surface area contributed by atoms with Gasteiger partial charge in [0.1, 0.15) is 5.78 Å². The van der Waals surface area contributed by atoms with Crippen molar-refractivity contribution in [2.75, 3.05) is 13.1 Å². The molecule has 0 saturated carbocycles. The molecule has 80 valence electrons. The van der Waals surface area contributed by atoms with E-state index in [9.17, 15) is 4.79 Å². The third-order valence-corrected chi connectivity index (χ3v) is 2.48. The van der Waals surface area contributed by atoms with Crippen LogP contribution in [0.3, 0.4) is 0 Å². The van der Waals surface area contributed by atoms with Gasteiger partial charge in [-0.3, -0.25) is 9.80 Å². The van der Waals surface area contributed by atoms with Crippen LogP contribution in [0.15, 0.2) is 5.10 Å². The Balaban J connectivity index is 2.47. The van der Waals surface area contributed by atoms with Crippen LogP contribution in [0, 0.1) is 0 Å². The Morgan fingerprint density at radius 2 is 1.93 bits per heavy atom. The minimum absolute atomic E-state index is 0.211. The molecule has 0 unspecified atom stereocenters. The number of hydrogen-bond donors (Lipinski definition) is 0. The highest BCUT2D eigenvalue weighted by atomic mass is 16.1. The van der Waals surface area contributed by atoms with Gasteiger partial charge in [-0.1, -0.05) is 6.92 Å². The first-order chi connectivity index (χ1) is 6.72. The Morgan fingerprint density at radius 1 is 1.29 bits per heavy atom. The zero-order chi connectivity index (χ0) is 10.4. The molecule has 0 spiro atoms. The average molecular weight is 196 g/mol. The Kier molecular flexibility index (Phi) is 4.63. The monoisotopic (exact) mass is 196 g/mol. The van der Waals surface area contributed by atoms with E-state index in [1.807, 2.05) is 0 Å². The summed E-state index contributed by atoms with van der Waals surface area (Å²) >= 11 is 0. The fourth-order valence-corrected chi connectivity index (χ4v) is 1.70. The summed E-state index contributed by atoms with van der Waals surface area (Å²) in [5, 5.41) is 6.64. The van der Waals surface area contributed by atoms with E-state index < -0.39 is 0 Å². The molecule has 14 heavy (non-hydrogen) atoms. The van der Waals surface area contributed by atoms with Crippen molar-refractivity contribution < 1.29 is 4.79 Å². The van der Waals surface area contributed by atoms with Crippen LogP contribution in [0.2, 0.25) is 0 Å². The van der Waals surface area contributed by atoms with Crippen molar-refractivity contribution in [2.24, 2.45) is 5.10 Å². The molecule has 3 nitrogen and oxygen atoms in total. The lowest BCUT2D eigenvalue weighted by Gasteiger charge is -2.24. The van der Waals surface area contributed by atoms with Crippen LogP contribution in [-0.2, 0) is 4.79 Å². The Morgan fingerprint density at radius 3 is 2.43 bits per heavy atom. The van der Waals surface area contributed by atoms with Crippen LogP contribution in [0.1, 0.15) is 46.0 Å². The van der Waals surface area contributed by atoms with Gasteiger partial charge in [0.15, 0.2) is 0 Å². The maximum atomic E-state index is 11.0. The Hall–Kier alpha value is -0.860. The minimum Gasteiger partial charge on any atom is -0.300 e. The molecule has 1 rings (SSSR count). The number of ketones is 1. The Bertz CT molecular complexity index is 217. The first-order valence-corrected chi connectivity index (χ1v) is 5.53. The van der Waals surface area contributed by atoms with E-state index in [2.05, 4.69) is 17.0 Å². The first kappa shape index (κ1) is 11.2. The molecule has 1 heterocycles. The van der Waals surface area contributed by atoms with E-state index in [1.165, 1.54) is 19.3 Å². The lowest BCUT2D eigenvalue weighted by molar-refractivity contribution is -0.115. The normalized spacial score (nSPS) is 18.4. The van der Waals surface area contributed by atoms with E-state index in [0.717, 1.165) is 25.2 Å². The van der Waals surface area contributed by atoms with Crippen molar-refractivity contribution in [3.05, 3.63) is 0 Å². The smallest absolute Gasteiger partial charge is 0.135 e. The summed E-state index contributed by atoms with van der Waals surface area (Å²) < 4.78 is 0. The van der Waals surface area contributed by atoms with Crippen LogP contribution in [0.25, 0.3) is 0 Å². The molecule has 0 aromatic carbocycles. The number of hydrogen-bond acceptors (Lipinski definition) is 3. The van der Waals surface area contributed by atoms with Gasteiger partial charge in [0, 0.05) is 25.2 Å². The van der Waals surface area contributed by atoms with Crippen molar-refractivity contribution >= 4 is 11.5 Å².